The van der Waals surface area contributed by atoms with E-state index in [4.69, 9.17) is 16.3 Å². The van der Waals surface area contributed by atoms with E-state index in [1.165, 1.54) is 37.8 Å². The van der Waals surface area contributed by atoms with E-state index in [-0.39, 0.29) is 0 Å². The van der Waals surface area contributed by atoms with Gasteiger partial charge in [-0.1, -0.05) is 31.4 Å². The second-order valence-electron chi connectivity index (χ2n) is 5.95. The lowest BCUT2D eigenvalue weighted by molar-refractivity contribution is 0.179. The number of halogens is 1. The Kier molecular flexibility index (Phi) is 7.00. The second kappa shape index (κ2) is 8.76. The minimum Gasteiger partial charge on any atom is -0.383 e. The highest BCUT2D eigenvalue weighted by atomic mass is 35.5. The summed E-state index contributed by atoms with van der Waals surface area (Å²) in [4.78, 5) is 0. The zero-order valence-corrected chi connectivity index (χ0v) is 14.0. The Morgan fingerprint density at radius 1 is 1.43 bits per heavy atom. The van der Waals surface area contributed by atoms with E-state index in [0.717, 1.165) is 24.7 Å². The Morgan fingerprint density at radius 3 is 3.00 bits per heavy atom. The highest BCUT2D eigenvalue weighted by Crippen LogP contribution is 2.40. The van der Waals surface area contributed by atoms with Gasteiger partial charge in [-0.05, 0) is 38.3 Å². The van der Waals surface area contributed by atoms with Gasteiger partial charge in [0.25, 0.3) is 0 Å². The van der Waals surface area contributed by atoms with Crippen molar-refractivity contribution in [3.8, 4) is 0 Å². The first-order chi connectivity index (χ1) is 10.3. The van der Waals surface area contributed by atoms with E-state index in [2.05, 4.69) is 22.0 Å². The molecule has 5 heteroatoms. The number of hydrogen-bond acceptors (Lipinski definition) is 3. The van der Waals surface area contributed by atoms with Crippen molar-refractivity contribution < 1.29 is 4.74 Å². The summed E-state index contributed by atoms with van der Waals surface area (Å²) in [6, 6.07) is 0. The molecule has 1 aromatic heterocycles. The fourth-order valence-electron chi connectivity index (χ4n) is 3.37. The SMILES string of the molecule is CCCNCC1CCCCC1c1c(Cl)cnn1CCOC. The van der Waals surface area contributed by atoms with Gasteiger partial charge in [-0.15, -0.1) is 0 Å². The summed E-state index contributed by atoms with van der Waals surface area (Å²) >= 11 is 6.44. The number of ether oxygens (including phenoxy) is 1. The third-order valence-corrected chi connectivity index (χ3v) is 4.73. The molecule has 0 radical (unpaired) electrons. The topological polar surface area (TPSA) is 39.1 Å². The number of nitrogens with zero attached hydrogens (tertiary/aromatic N) is 2. The van der Waals surface area contributed by atoms with Crippen LogP contribution < -0.4 is 5.32 Å². The normalized spacial score (nSPS) is 22.6. The summed E-state index contributed by atoms with van der Waals surface area (Å²) in [7, 11) is 1.73. The Hall–Kier alpha value is -0.580. The maximum atomic E-state index is 6.44. The lowest BCUT2D eigenvalue weighted by Gasteiger charge is -2.32. The zero-order chi connectivity index (χ0) is 15.1. The van der Waals surface area contributed by atoms with Crippen LogP contribution in [-0.4, -0.2) is 36.6 Å². The molecule has 0 spiro atoms. The molecule has 2 unspecified atom stereocenters. The van der Waals surface area contributed by atoms with Gasteiger partial charge in [-0.2, -0.15) is 5.10 Å². The third kappa shape index (κ3) is 4.44. The van der Waals surface area contributed by atoms with Crippen molar-refractivity contribution in [1.29, 1.82) is 0 Å². The summed E-state index contributed by atoms with van der Waals surface area (Å²) in [5.74, 6) is 1.19. The third-order valence-electron chi connectivity index (χ3n) is 4.43. The number of nitrogens with one attached hydrogen (secondary N) is 1. The average molecular weight is 314 g/mol. The molecule has 120 valence electrons. The lowest BCUT2D eigenvalue weighted by Crippen LogP contribution is -2.31. The van der Waals surface area contributed by atoms with Crippen molar-refractivity contribution in [2.45, 2.75) is 51.5 Å². The molecule has 2 rings (SSSR count). The molecule has 1 saturated carbocycles. The van der Waals surface area contributed by atoms with Crippen molar-refractivity contribution >= 4 is 11.6 Å². The van der Waals surface area contributed by atoms with Crippen LogP contribution in [0.1, 0.15) is 50.6 Å². The summed E-state index contributed by atoms with van der Waals surface area (Å²) in [6.07, 6.45) is 8.10. The highest BCUT2D eigenvalue weighted by molar-refractivity contribution is 6.31. The number of rotatable bonds is 8. The van der Waals surface area contributed by atoms with Crippen LogP contribution in [0.2, 0.25) is 5.02 Å². The number of methoxy groups -OCH3 is 1. The Labute approximate surface area is 133 Å². The first-order valence-electron chi connectivity index (χ1n) is 8.18. The van der Waals surface area contributed by atoms with E-state index in [0.29, 0.717) is 18.4 Å². The van der Waals surface area contributed by atoms with Crippen LogP contribution in [0.15, 0.2) is 6.20 Å². The fourth-order valence-corrected chi connectivity index (χ4v) is 3.65. The molecule has 1 aliphatic carbocycles. The van der Waals surface area contributed by atoms with Crippen LogP contribution in [0, 0.1) is 5.92 Å². The summed E-state index contributed by atoms with van der Waals surface area (Å²) in [5.41, 5.74) is 1.22. The smallest absolute Gasteiger partial charge is 0.0820 e. The van der Waals surface area contributed by atoms with E-state index in [1.54, 1.807) is 13.3 Å². The van der Waals surface area contributed by atoms with Gasteiger partial charge >= 0.3 is 0 Å². The van der Waals surface area contributed by atoms with E-state index in [1.807, 2.05) is 0 Å². The van der Waals surface area contributed by atoms with Gasteiger partial charge in [0.15, 0.2) is 0 Å². The predicted octanol–water partition coefficient (Wildman–Crippen LogP) is 3.46. The van der Waals surface area contributed by atoms with Crippen LogP contribution in [0.3, 0.4) is 0 Å². The highest BCUT2D eigenvalue weighted by Gasteiger charge is 2.30. The molecule has 2 atom stereocenters. The number of aromatic nitrogens is 2. The van der Waals surface area contributed by atoms with Crippen LogP contribution in [-0.2, 0) is 11.3 Å². The Balaban J connectivity index is 2.10. The van der Waals surface area contributed by atoms with Gasteiger partial charge in [0.1, 0.15) is 0 Å². The zero-order valence-electron chi connectivity index (χ0n) is 13.3. The Bertz CT molecular complexity index is 422. The molecule has 0 saturated heterocycles. The van der Waals surface area contributed by atoms with Gasteiger partial charge in [-0.3, -0.25) is 4.68 Å². The summed E-state index contributed by atoms with van der Waals surface area (Å²) in [6.45, 7) is 5.85. The maximum absolute atomic E-state index is 6.44. The predicted molar refractivity (Wildman–Crippen MR) is 87.0 cm³/mol. The molecular formula is C16H28ClN3O. The van der Waals surface area contributed by atoms with Gasteiger partial charge in [0.2, 0.25) is 0 Å². The number of hydrogen-bond donors (Lipinski definition) is 1. The van der Waals surface area contributed by atoms with Crippen molar-refractivity contribution in [3.05, 3.63) is 16.9 Å². The van der Waals surface area contributed by atoms with Crippen molar-refractivity contribution in [2.24, 2.45) is 5.92 Å². The quantitative estimate of drug-likeness (QED) is 0.747. The Morgan fingerprint density at radius 2 is 2.24 bits per heavy atom. The van der Waals surface area contributed by atoms with Gasteiger partial charge in [0.05, 0.1) is 30.1 Å². The monoisotopic (exact) mass is 313 g/mol. The van der Waals surface area contributed by atoms with Crippen molar-refractivity contribution in [3.63, 3.8) is 0 Å². The molecule has 1 aromatic rings. The first kappa shape index (κ1) is 16.8. The summed E-state index contributed by atoms with van der Waals surface area (Å²) < 4.78 is 7.24. The lowest BCUT2D eigenvalue weighted by atomic mass is 9.77. The van der Waals surface area contributed by atoms with Crippen LogP contribution in [0.25, 0.3) is 0 Å². The average Bonchev–Trinajstić information content (AvgIpc) is 2.87. The van der Waals surface area contributed by atoms with Gasteiger partial charge < -0.3 is 10.1 Å². The molecule has 1 fully saturated rings. The molecule has 0 bridgehead atoms. The molecule has 4 nitrogen and oxygen atoms in total. The molecule has 1 N–H and O–H groups in total. The largest absolute Gasteiger partial charge is 0.383 e. The maximum Gasteiger partial charge on any atom is 0.0820 e. The molecule has 21 heavy (non-hydrogen) atoms. The standard InChI is InChI=1S/C16H28ClN3O/c1-3-8-18-11-13-6-4-5-7-14(13)16-15(17)12-19-20(16)9-10-21-2/h12-14,18H,3-11H2,1-2H3. The van der Waals surface area contributed by atoms with E-state index >= 15 is 0 Å². The second-order valence-corrected chi connectivity index (χ2v) is 6.36. The molecule has 0 aromatic carbocycles. The van der Waals surface area contributed by atoms with E-state index < -0.39 is 0 Å². The van der Waals surface area contributed by atoms with Crippen molar-refractivity contribution in [1.82, 2.24) is 15.1 Å². The minimum atomic E-state index is 0.523. The van der Waals surface area contributed by atoms with E-state index in [9.17, 15) is 0 Å². The molecule has 0 amide bonds. The summed E-state index contributed by atoms with van der Waals surface area (Å²) in [5, 5.41) is 8.84. The van der Waals surface area contributed by atoms with Crippen LogP contribution in [0.4, 0.5) is 0 Å². The first-order valence-corrected chi connectivity index (χ1v) is 8.56. The van der Waals surface area contributed by atoms with Crippen LogP contribution in [0.5, 0.6) is 0 Å². The van der Waals surface area contributed by atoms with Crippen LogP contribution >= 0.6 is 11.6 Å². The van der Waals surface area contributed by atoms with Crippen molar-refractivity contribution in [2.75, 3.05) is 26.8 Å². The van der Waals surface area contributed by atoms with Gasteiger partial charge in [0, 0.05) is 13.0 Å². The minimum absolute atomic E-state index is 0.523. The molecule has 1 heterocycles. The molecule has 0 aliphatic heterocycles. The molecular weight excluding hydrogens is 286 g/mol. The van der Waals surface area contributed by atoms with Gasteiger partial charge in [-0.25, -0.2) is 0 Å². The molecule has 1 aliphatic rings. The fraction of sp³-hybridized carbons (Fsp3) is 0.812.